The maximum Gasteiger partial charge on any atom is 0.305 e. The second-order valence-electron chi connectivity index (χ2n) is 4.07. The van der Waals surface area contributed by atoms with Gasteiger partial charge in [0.2, 0.25) is 0 Å². The summed E-state index contributed by atoms with van der Waals surface area (Å²) in [6.07, 6.45) is 2.25. The molecule has 1 unspecified atom stereocenters. The summed E-state index contributed by atoms with van der Waals surface area (Å²) in [6, 6.07) is 10.3. The van der Waals surface area contributed by atoms with Crippen molar-refractivity contribution in [2.45, 2.75) is 39.0 Å². The first kappa shape index (κ1) is 12.8. The van der Waals surface area contributed by atoms with Gasteiger partial charge in [-0.25, -0.2) is 0 Å². The molecule has 0 aliphatic carbocycles. The molecular weight excluding hydrogens is 200 g/mol. The minimum Gasteiger partial charge on any atom is -0.466 e. The number of benzene rings is 1. The van der Waals surface area contributed by atoms with Crippen LogP contribution < -0.4 is 0 Å². The molecule has 1 rings (SSSR count). The van der Waals surface area contributed by atoms with Gasteiger partial charge in [-0.05, 0) is 24.3 Å². The van der Waals surface area contributed by atoms with Gasteiger partial charge in [-0.15, -0.1) is 0 Å². The van der Waals surface area contributed by atoms with Crippen LogP contribution in [0.1, 0.15) is 44.6 Å². The van der Waals surface area contributed by atoms with Crippen LogP contribution in [0.4, 0.5) is 0 Å². The largest absolute Gasteiger partial charge is 0.466 e. The summed E-state index contributed by atoms with van der Waals surface area (Å²) in [6.45, 7) is 4.68. The van der Waals surface area contributed by atoms with Gasteiger partial charge in [0.1, 0.15) is 0 Å². The molecule has 0 amide bonds. The number of ether oxygens (including phenoxy) is 1. The molecule has 0 fully saturated rings. The van der Waals surface area contributed by atoms with E-state index in [0.29, 0.717) is 18.9 Å². The second kappa shape index (κ2) is 7.04. The first-order chi connectivity index (χ1) is 7.74. The SMILES string of the molecule is CCCOC(=O)CCC(C)c1ccccc1. The lowest BCUT2D eigenvalue weighted by Crippen LogP contribution is -2.06. The van der Waals surface area contributed by atoms with Crippen molar-refractivity contribution in [3.8, 4) is 0 Å². The van der Waals surface area contributed by atoms with Crippen LogP contribution in [0.2, 0.25) is 0 Å². The highest BCUT2D eigenvalue weighted by molar-refractivity contribution is 5.69. The van der Waals surface area contributed by atoms with Gasteiger partial charge in [-0.3, -0.25) is 4.79 Å². The zero-order valence-corrected chi connectivity index (χ0v) is 10.1. The maximum absolute atomic E-state index is 11.3. The van der Waals surface area contributed by atoms with Crippen LogP contribution in [0.15, 0.2) is 30.3 Å². The number of carbonyl (C=O) groups excluding carboxylic acids is 1. The topological polar surface area (TPSA) is 26.3 Å². The summed E-state index contributed by atoms with van der Waals surface area (Å²) in [4.78, 5) is 11.3. The Hall–Kier alpha value is -1.31. The zero-order chi connectivity index (χ0) is 11.8. The maximum atomic E-state index is 11.3. The van der Waals surface area contributed by atoms with Gasteiger partial charge in [-0.2, -0.15) is 0 Å². The van der Waals surface area contributed by atoms with Crippen LogP contribution in [0.25, 0.3) is 0 Å². The van der Waals surface area contributed by atoms with Crippen LogP contribution in [0.3, 0.4) is 0 Å². The van der Waals surface area contributed by atoms with E-state index in [1.54, 1.807) is 0 Å². The summed E-state index contributed by atoms with van der Waals surface area (Å²) in [7, 11) is 0. The Kier molecular flexibility index (Phi) is 5.62. The molecule has 0 bridgehead atoms. The molecule has 0 saturated carbocycles. The van der Waals surface area contributed by atoms with Crippen molar-refractivity contribution >= 4 is 5.97 Å². The lowest BCUT2D eigenvalue weighted by molar-refractivity contribution is -0.143. The predicted molar refractivity (Wildman–Crippen MR) is 65.3 cm³/mol. The third kappa shape index (κ3) is 4.47. The van der Waals surface area contributed by atoms with Gasteiger partial charge in [0.05, 0.1) is 6.61 Å². The number of esters is 1. The van der Waals surface area contributed by atoms with E-state index >= 15 is 0 Å². The van der Waals surface area contributed by atoms with Crippen molar-refractivity contribution in [3.05, 3.63) is 35.9 Å². The van der Waals surface area contributed by atoms with E-state index in [4.69, 9.17) is 4.74 Å². The summed E-state index contributed by atoms with van der Waals surface area (Å²) < 4.78 is 5.04. The monoisotopic (exact) mass is 220 g/mol. The number of hydrogen-bond acceptors (Lipinski definition) is 2. The van der Waals surface area contributed by atoms with Gasteiger partial charge in [0.15, 0.2) is 0 Å². The van der Waals surface area contributed by atoms with E-state index in [2.05, 4.69) is 19.1 Å². The van der Waals surface area contributed by atoms with E-state index in [1.165, 1.54) is 5.56 Å². The van der Waals surface area contributed by atoms with Crippen LogP contribution in [-0.4, -0.2) is 12.6 Å². The molecule has 2 nitrogen and oxygen atoms in total. The van der Waals surface area contributed by atoms with Crippen LogP contribution in [-0.2, 0) is 9.53 Å². The van der Waals surface area contributed by atoms with E-state index < -0.39 is 0 Å². The molecule has 2 heteroatoms. The Bertz CT molecular complexity index is 306. The van der Waals surface area contributed by atoms with Crippen molar-refractivity contribution in [2.75, 3.05) is 6.61 Å². The molecular formula is C14H20O2. The highest BCUT2D eigenvalue weighted by Crippen LogP contribution is 2.20. The van der Waals surface area contributed by atoms with Gasteiger partial charge in [-0.1, -0.05) is 44.2 Å². The van der Waals surface area contributed by atoms with Crippen molar-refractivity contribution < 1.29 is 9.53 Å². The van der Waals surface area contributed by atoms with E-state index in [9.17, 15) is 4.79 Å². The minimum atomic E-state index is -0.0790. The first-order valence-corrected chi connectivity index (χ1v) is 5.94. The van der Waals surface area contributed by atoms with Crippen molar-refractivity contribution in [3.63, 3.8) is 0 Å². The quantitative estimate of drug-likeness (QED) is 0.686. The van der Waals surface area contributed by atoms with E-state index in [0.717, 1.165) is 12.8 Å². The second-order valence-corrected chi connectivity index (χ2v) is 4.07. The van der Waals surface area contributed by atoms with Gasteiger partial charge in [0.25, 0.3) is 0 Å². The number of hydrogen-bond donors (Lipinski definition) is 0. The highest BCUT2D eigenvalue weighted by atomic mass is 16.5. The average molecular weight is 220 g/mol. The summed E-state index contributed by atoms with van der Waals surface area (Å²) in [5.41, 5.74) is 1.28. The highest BCUT2D eigenvalue weighted by Gasteiger charge is 2.08. The summed E-state index contributed by atoms with van der Waals surface area (Å²) >= 11 is 0. The Morgan fingerprint density at radius 2 is 2.00 bits per heavy atom. The number of carbonyl (C=O) groups is 1. The molecule has 0 N–H and O–H groups in total. The van der Waals surface area contributed by atoms with Crippen LogP contribution in [0.5, 0.6) is 0 Å². The molecule has 1 aromatic rings. The van der Waals surface area contributed by atoms with E-state index in [-0.39, 0.29) is 5.97 Å². The Labute approximate surface area is 97.6 Å². The fourth-order valence-electron chi connectivity index (χ4n) is 1.57. The lowest BCUT2D eigenvalue weighted by Gasteiger charge is -2.11. The van der Waals surface area contributed by atoms with Crippen LogP contribution in [0, 0.1) is 0 Å². The third-order valence-corrected chi connectivity index (χ3v) is 2.62. The van der Waals surface area contributed by atoms with Crippen molar-refractivity contribution in [1.82, 2.24) is 0 Å². The Balaban J connectivity index is 2.30. The molecule has 0 aromatic heterocycles. The smallest absolute Gasteiger partial charge is 0.305 e. The first-order valence-electron chi connectivity index (χ1n) is 5.94. The third-order valence-electron chi connectivity index (χ3n) is 2.62. The summed E-state index contributed by atoms with van der Waals surface area (Å²) in [5, 5.41) is 0. The zero-order valence-electron chi connectivity index (χ0n) is 10.1. The number of rotatable bonds is 6. The molecule has 0 saturated heterocycles. The average Bonchev–Trinajstić information content (AvgIpc) is 2.34. The molecule has 0 heterocycles. The van der Waals surface area contributed by atoms with E-state index in [1.807, 2.05) is 25.1 Å². The van der Waals surface area contributed by atoms with Gasteiger partial charge >= 0.3 is 5.97 Å². The molecule has 0 aliphatic rings. The molecule has 88 valence electrons. The molecule has 1 aromatic carbocycles. The molecule has 0 aliphatic heterocycles. The Morgan fingerprint density at radius 1 is 1.31 bits per heavy atom. The predicted octanol–water partition coefficient (Wildman–Crippen LogP) is 3.52. The van der Waals surface area contributed by atoms with Gasteiger partial charge in [0, 0.05) is 6.42 Å². The van der Waals surface area contributed by atoms with Crippen molar-refractivity contribution in [1.29, 1.82) is 0 Å². The molecule has 0 spiro atoms. The molecule has 1 atom stereocenters. The molecule has 16 heavy (non-hydrogen) atoms. The standard InChI is InChI=1S/C14H20O2/c1-3-11-16-14(15)10-9-12(2)13-7-5-4-6-8-13/h4-8,12H,3,9-11H2,1-2H3. The normalized spacial score (nSPS) is 12.1. The fraction of sp³-hybridized carbons (Fsp3) is 0.500. The van der Waals surface area contributed by atoms with Crippen LogP contribution >= 0.6 is 0 Å². The lowest BCUT2D eigenvalue weighted by atomic mass is 9.96. The summed E-state index contributed by atoms with van der Waals surface area (Å²) in [5.74, 6) is 0.333. The molecule has 0 radical (unpaired) electrons. The Morgan fingerprint density at radius 3 is 2.62 bits per heavy atom. The fourth-order valence-corrected chi connectivity index (χ4v) is 1.57. The minimum absolute atomic E-state index is 0.0790. The van der Waals surface area contributed by atoms with Crippen molar-refractivity contribution in [2.24, 2.45) is 0 Å². The van der Waals surface area contributed by atoms with Gasteiger partial charge < -0.3 is 4.74 Å².